The van der Waals surface area contributed by atoms with E-state index < -0.39 is 56.5 Å². The van der Waals surface area contributed by atoms with Crippen LogP contribution in [0.15, 0.2) is 0 Å². The summed E-state index contributed by atoms with van der Waals surface area (Å²) in [6, 6.07) is -2.07. The van der Waals surface area contributed by atoms with Gasteiger partial charge in [-0.2, -0.15) is 25.3 Å². The van der Waals surface area contributed by atoms with Gasteiger partial charge in [0.25, 0.3) is 0 Å². The zero-order chi connectivity index (χ0) is 19.9. The molecule has 2 amide bonds. The molecule has 0 saturated carbocycles. The Labute approximate surface area is 167 Å². The molecule has 10 nitrogen and oxygen atoms in total. The van der Waals surface area contributed by atoms with E-state index in [1.807, 2.05) is 0 Å². The summed E-state index contributed by atoms with van der Waals surface area (Å²) in [6.45, 7) is 1.11. The van der Waals surface area contributed by atoms with Crippen LogP contribution in [0.25, 0.3) is 0 Å². The predicted octanol–water partition coefficient (Wildman–Crippen LogP) is -0.843. The molecule has 0 aromatic rings. The molecule has 1 rings (SSSR count). The van der Waals surface area contributed by atoms with Gasteiger partial charge in [-0.3, -0.25) is 14.7 Å². The van der Waals surface area contributed by atoms with Gasteiger partial charge in [-0.15, -0.1) is 0 Å². The lowest BCUT2D eigenvalue weighted by Crippen LogP contribution is -2.49. The summed E-state index contributed by atoms with van der Waals surface area (Å²) in [5.41, 5.74) is 5.73. The normalized spacial score (nSPS) is 33.3. The lowest BCUT2D eigenvalue weighted by molar-refractivity contribution is -0.135. The molecule has 150 valence electrons. The number of hydrogen-bond acceptors (Lipinski definition) is 11. The number of rotatable bonds is 2. The van der Waals surface area contributed by atoms with Crippen molar-refractivity contribution in [3.05, 3.63) is 0 Å². The maximum atomic E-state index is 12.1. The Bertz CT molecular complexity index is 566. The highest BCUT2D eigenvalue weighted by atomic mass is 33.2. The molecule has 0 radical (unpaired) electrons. The second kappa shape index (κ2) is 10.5. The van der Waals surface area contributed by atoms with Crippen LogP contribution >= 0.6 is 45.9 Å². The Kier molecular flexibility index (Phi) is 9.40. The van der Waals surface area contributed by atoms with Crippen LogP contribution in [0.5, 0.6) is 0 Å². The molecule has 0 aliphatic carbocycles. The van der Waals surface area contributed by atoms with E-state index >= 15 is 0 Å². The molecule has 0 bridgehead atoms. The van der Waals surface area contributed by atoms with Crippen molar-refractivity contribution >= 4 is 69.6 Å². The lowest BCUT2D eigenvalue weighted by atomic mass is 10.1. The van der Waals surface area contributed by atoms with Crippen molar-refractivity contribution in [2.75, 3.05) is 12.3 Å². The minimum absolute atomic E-state index is 0.0166. The fourth-order valence-electron chi connectivity index (χ4n) is 1.60. The van der Waals surface area contributed by atoms with Crippen molar-refractivity contribution in [2.45, 2.75) is 36.4 Å². The van der Waals surface area contributed by atoms with Gasteiger partial charge < -0.3 is 24.7 Å². The van der Waals surface area contributed by atoms with Crippen molar-refractivity contribution < 1.29 is 27.5 Å². The average Bonchev–Trinajstić information content (AvgIpc) is 2.59. The lowest BCUT2D eigenvalue weighted by Gasteiger charge is -2.34. The summed E-state index contributed by atoms with van der Waals surface area (Å²) in [5.74, 6) is -2.74. The molecule has 0 aromatic carbocycles. The van der Waals surface area contributed by atoms with E-state index in [0.29, 0.717) is 11.1 Å². The van der Waals surface area contributed by atoms with Gasteiger partial charge in [0.1, 0.15) is 18.6 Å². The van der Waals surface area contributed by atoms with Crippen LogP contribution < -0.4 is 21.5 Å². The minimum atomic E-state index is -2.79. The van der Waals surface area contributed by atoms with Crippen molar-refractivity contribution in [2.24, 2.45) is 10.9 Å². The van der Waals surface area contributed by atoms with Crippen LogP contribution in [0.2, 0.25) is 0 Å². The summed E-state index contributed by atoms with van der Waals surface area (Å²) in [7, 11) is -2.79. The Balaban J connectivity index is 2.97. The zero-order valence-corrected chi connectivity index (χ0v) is 17.3. The molecular weight excluding hydrogens is 424 g/mol. The van der Waals surface area contributed by atoms with E-state index in [0.717, 1.165) is 0 Å². The van der Waals surface area contributed by atoms with Crippen molar-refractivity contribution in [3.8, 4) is 0 Å². The highest BCUT2D eigenvalue weighted by Crippen LogP contribution is 2.59. The van der Waals surface area contributed by atoms with Gasteiger partial charge in [0.15, 0.2) is 11.1 Å². The standard InChI is InChI=1S/C12H22N4O6S4/c1-6(24)26(14)22-12(20)7(13)2-3-9(17)16-8(5-23)11(19)15-4-10(18)21-25-26/h6-8,23-24H,2-5,13-14H2,1H3,(H,15,19)(H,16,17). The Morgan fingerprint density at radius 2 is 2.04 bits per heavy atom. The van der Waals surface area contributed by atoms with E-state index in [-0.39, 0.29) is 18.6 Å². The quantitative estimate of drug-likeness (QED) is 0.180. The van der Waals surface area contributed by atoms with Gasteiger partial charge in [0.2, 0.25) is 11.8 Å². The Morgan fingerprint density at radius 3 is 2.62 bits per heavy atom. The van der Waals surface area contributed by atoms with Crippen LogP contribution in [-0.2, 0) is 27.5 Å². The third kappa shape index (κ3) is 7.08. The average molecular weight is 447 g/mol. The number of carbonyl (C=O) groups excluding carboxylic acids is 4. The molecule has 6 N–H and O–H groups in total. The largest absolute Gasteiger partial charge is 0.386 e. The molecule has 4 atom stereocenters. The van der Waals surface area contributed by atoms with Crippen LogP contribution in [0.1, 0.15) is 19.8 Å². The number of hydrogen-bond donors (Lipinski definition) is 6. The first-order chi connectivity index (χ1) is 12.1. The van der Waals surface area contributed by atoms with Crippen molar-refractivity contribution in [1.29, 1.82) is 0 Å². The molecule has 1 aliphatic rings. The van der Waals surface area contributed by atoms with E-state index in [1.165, 1.54) is 0 Å². The van der Waals surface area contributed by atoms with Gasteiger partial charge in [0, 0.05) is 12.2 Å². The molecule has 1 heterocycles. The van der Waals surface area contributed by atoms with Gasteiger partial charge in [0.05, 0.1) is 14.1 Å². The topological polar surface area (TPSA) is 163 Å². The zero-order valence-electron chi connectivity index (χ0n) is 13.9. The highest BCUT2D eigenvalue weighted by Gasteiger charge is 2.35. The third-order valence-electron chi connectivity index (χ3n) is 3.15. The van der Waals surface area contributed by atoms with Crippen molar-refractivity contribution in [1.82, 2.24) is 10.6 Å². The molecule has 14 heteroatoms. The molecule has 1 saturated heterocycles. The maximum absolute atomic E-state index is 12.1. The summed E-state index contributed by atoms with van der Waals surface area (Å²) >= 11 is 8.64. The fourth-order valence-corrected chi connectivity index (χ4v) is 4.38. The fraction of sp³-hybridized carbons (Fsp3) is 0.667. The Morgan fingerprint density at radius 1 is 1.38 bits per heavy atom. The summed E-state index contributed by atoms with van der Waals surface area (Å²) in [6.07, 6.45) is -0.133. The molecular formula is C12H22N4O6S4. The van der Waals surface area contributed by atoms with Crippen LogP contribution in [0.3, 0.4) is 0 Å². The smallest absolute Gasteiger partial charge is 0.338 e. The molecule has 4 unspecified atom stereocenters. The third-order valence-corrected chi connectivity index (χ3v) is 8.63. The maximum Gasteiger partial charge on any atom is 0.338 e. The summed E-state index contributed by atoms with van der Waals surface area (Å²) < 4.78 is 9.49. The first kappa shape index (κ1) is 23.2. The van der Waals surface area contributed by atoms with Crippen LogP contribution in [0.4, 0.5) is 0 Å². The molecule has 0 spiro atoms. The second-order valence-electron chi connectivity index (χ2n) is 5.28. The van der Waals surface area contributed by atoms with Gasteiger partial charge in [-0.05, 0) is 13.3 Å². The van der Waals surface area contributed by atoms with E-state index in [2.05, 4.69) is 35.9 Å². The van der Waals surface area contributed by atoms with E-state index in [1.54, 1.807) is 6.92 Å². The SMILES string of the molecule is CC(S)S1(N)OC(=O)C(N)CCC(=O)NC(CS)C(=O)NCC(=O)OS1. The highest BCUT2D eigenvalue weighted by molar-refractivity contribution is 8.91. The number of carbonyl (C=O) groups is 4. The Hall–Kier alpha value is -0.800. The molecule has 1 fully saturated rings. The predicted molar refractivity (Wildman–Crippen MR) is 106 cm³/mol. The summed E-state index contributed by atoms with van der Waals surface area (Å²) in [4.78, 5) is 47.8. The molecule has 0 aromatic heterocycles. The van der Waals surface area contributed by atoms with Gasteiger partial charge in [-0.1, -0.05) is 0 Å². The first-order valence-corrected chi connectivity index (χ1v) is 11.5. The van der Waals surface area contributed by atoms with E-state index in [9.17, 15) is 19.2 Å². The van der Waals surface area contributed by atoms with Gasteiger partial charge in [-0.25, -0.2) is 9.59 Å². The molecule has 26 heavy (non-hydrogen) atoms. The van der Waals surface area contributed by atoms with Gasteiger partial charge >= 0.3 is 11.9 Å². The second-order valence-corrected chi connectivity index (χ2v) is 11.1. The number of amides is 2. The van der Waals surface area contributed by atoms with Crippen LogP contribution in [0, 0.1) is 0 Å². The molecule has 1 aliphatic heterocycles. The van der Waals surface area contributed by atoms with E-state index in [4.69, 9.17) is 19.2 Å². The number of nitrogens with two attached hydrogens (primary N) is 2. The van der Waals surface area contributed by atoms with Crippen molar-refractivity contribution in [3.63, 3.8) is 0 Å². The first-order valence-electron chi connectivity index (χ1n) is 7.42. The summed E-state index contributed by atoms with van der Waals surface area (Å²) in [5, 5.41) is 10.8. The number of nitrogens with one attached hydrogen (secondary N) is 2. The number of thiol groups is 2. The minimum Gasteiger partial charge on any atom is -0.386 e. The van der Waals surface area contributed by atoms with Crippen LogP contribution in [-0.4, -0.2) is 52.7 Å². The monoisotopic (exact) mass is 446 g/mol.